The van der Waals surface area contributed by atoms with Gasteiger partial charge in [-0.1, -0.05) is 294 Å². The molecule has 2 N–H and O–H groups in total. The highest BCUT2D eigenvalue weighted by atomic mass is 15.5. The lowest BCUT2D eigenvalue weighted by molar-refractivity contribution is 0.314. The van der Waals surface area contributed by atoms with E-state index in [-0.39, 0.29) is 12.1 Å². The molecule has 11 rings (SSSR count). The Morgan fingerprint density at radius 2 is 0.959 bits per heavy atom. The minimum Gasteiger partial charge on any atom is -0.385 e. The van der Waals surface area contributed by atoms with Gasteiger partial charge in [-0.15, -0.1) is 13.2 Å². The first-order valence-corrected chi connectivity index (χ1v) is 37.8. The highest BCUT2D eigenvalue weighted by molar-refractivity contribution is 5.78. The van der Waals surface area contributed by atoms with Gasteiger partial charge in [0.25, 0.3) is 0 Å². The molecule has 98 heavy (non-hydrogen) atoms. The summed E-state index contributed by atoms with van der Waals surface area (Å²) in [6.45, 7) is 36.5. The van der Waals surface area contributed by atoms with Crippen LogP contribution in [-0.4, -0.2) is 41.1 Å². The Morgan fingerprint density at radius 3 is 1.41 bits per heavy atom. The number of likely N-dealkylation sites (tertiary alicyclic amines) is 1. The maximum atomic E-state index is 4.65. The summed E-state index contributed by atoms with van der Waals surface area (Å²) in [6, 6.07) is 48.1. The van der Waals surface area contributed by atoms with E-state index in [1.807, 2.05) is 26.0 Å². The minimum absolute atomic E-state index is 0.245. The summed E-state index contributed by atoms with van der Waals surface area (Å²) in [4.78, 5) is 2.37. The van der Waals surface area contributed by atoms with Crippen LogP contribution in [0.25, 0.3) is 33.4 Å². The van der Waals surface area contributed by atoms with Crippen molar-refractivity contribution in [2.24, 2.45) is 17.8 Å². The molecule has 0 bridgehead atoms. The number of nitrogens with one attached hydrogen (secondary N) is 2. The lowest BCUT2D eigenvalue weighted by Crippen LogP contribution is -2.42. The van der Waals surface area contributed by atoms with Crippen molar-refractivity contribution in [3.8, 4) is 22.3 Å². The predicted molar refractivity (Wildman–Crippen MR) is 430 cm³/mol. The minimum atomic E-state index is 0.245. The van der Waals surface area contributed by atoms with Crippen molar-refractivity contribution in [2.45, 2.75) is 200 Å². The number of allylic oxidation sites excluding steroid dienone is 19. The molecule has 2 fully saturated rings. The van der Waals surface area contributed by atoms with Gasteiger partial charge in [-0.2, -0.15) is 0 Å². The largest absolute Gasteiger partial charge is 0.385 e. The van der Waals surface area contributed by atoms with E-state index in [4.69, 9.17) is 0 Å². The summed E-state index contributed by atoms with van der Waals surface area (Å²) in [7, 11) is 0. The maximum absolute atomic E-state index is 4.65. The average Bonchev–Trinajstić information content (AvgIpc) is 1.65. The summed E-state index contributed by atoms with van der Waals surface area (Å²) in [6.07, 6.45) is 61.6. The molecule has 6 aliphatic rings. The van der Waals surface area contributed by atoms with Crippen LogP contribution in [0.3, 0.4) is 0 Å². The van der Waals surface area contributed by atoms with Gasteiger partial charge in [-0.25, -0.2) is 5.01 Å². The van der Waals surface area contributed by atoms with Crippen molar-refractivity contribution < 1.29 is 0 Å². The second kappa shape index (κ2) is 41.9. The van der Waals surface area contributed by atoms with Crippen LogP contribution in [0.5, 0.6) is 0 Å². The van der Waals surface area contributed by atoms with Crippen molar-refractivity contribution in [1.29, 1.82) is 0 Å². The normalized spacial score (nSPS) is 18.5. The molecule has 0 amide bonds. The third-order valence-corrected chi connectivity index (χ3v) is 20.3. The number of hydrogen-bond donors (Lipinski definition) is 2. The zero-order valence-electron chi connectivity index (χ0n) is 60.8. The molecule has 5 aromatic rings. The lowest BCUT2D eigenvalue weighted by atomic mass is 9.93. The number of aryl methyl sites for hydroxylation is 1. The first-order valence-electron chi connectivity index (χ1n) is 37.8. The standard InChI is InChI=1S/C40H51N3.C32H33N.C20H30.C2H6/c1-3-15-35-30-40(43(31-35)42-39-28-26-37(27-29-39)36-22-11-6-12-23-36)32(2)41-38(24-13-20-33-16-7-4-8-17-33)25-14-21-34-18-9-5-10-19-34;1-6-32-21-27(20-24(3)28-14-12-23(2)13-15-28)22-33(32)26(5)25(4)29-16-18-31(19-17-29)30-10-8-7-9-11-30;1-18(10-8-16-19-12-4-2-5-13-19)11-9-17-20-14-6-3-7-15-20;1-2/h3,6-7,9,11-12,16-19,22-23,26-29,35,38,40-42H,1-2,4-5,8,10,13-15,20-21,24-25,30-31H2;6-19,27,32H,1,3-5,20-22H2,2H3;4,6,12-15,18H,2-3,5,7-11,16-17H2,1H3;1-2H3. The topological polar surface area (TPSA) is 30.5 Å². The van der Waals surface area contributed by atoms with Gasteiger partial charge >= 0.3 is 0 Å². The van der Waals surface area contributed by atoms with Gasteiger partial charge in [0, 0.05) is 42.3 Å². The quantitative estimate of drug-likeness (QED) is 0.0332. The Labute approximate surface area is 595 Å². The molecule has 4 heteroatoms. The van der Waals surface area contributed by atoms with E-state index < -0.39 is 0 Å². The smallest absolute Gasteiger partial charge is 0.0684 e. The number of rotatable bonds is 32. The number of benzene rings is 5. The van der Waals surface area contributed by atoms with Crippen LogP contribution in [-0.2, 0) is 0 Å². The van der Waals surface area contributed by atoms with Crippen molar-refractivity contribution in [3.05, 3.63) is 308 Å². The maximum Gasteiger partial charge on any atom is 0.0684 e. The molecule has 0 saturated carbocycles. The molecule has 0 aromatic heterocycles. The Bertz CT molecular complexity index is 3470. The van der Waals surface area contributed by atoms with Crippen LogP contribution in [0.2, 0.25) is 0 Å². The van der Waals surface area contributed by atoms with Crippen molar-refractivity contribution >= 4 is 16.8 Å². The first-order chi connectivity index (χ1) is 48.0. The molecule has 4 aliphatic carbocycles. The number of hydrazine groups is 1. The average molecular weight is 1310 g/mol. The Morgan fingerprint density at radius 1 is 0.510 bits per heavy atom. The zero-order valence-corrected chi connectivity index (χ0v) is 60.8. The third-order valence-electron chi connectivity index (χ3n) is 20.3. The van der Waals surface area contributed by atoms with Gasteiger partial charge < -0.3 is 15.6 Å². The molecule has 516 valence electrons. The molecule has 2 heterocycles. The van der Waals surface area contributed by atoms with Crippen LogP contribution in [0, 0.1) is 24.7 Å². The number of hydrogen-bond acceptors (Lipinski definition) is 4. The van der Waals surface area contributed by atoms with E-state index >= 15 is 0 Å². The lowest BCUT2D eigenvalue weighted by Gasteiger charge is -2.31. The molecule has 4 nitrogen and oxygen atoms in total. The summed E-state index contributed by atoms with van der Waals surface area (Å²) in [5.41, 5.74) is 23.9. The Kier molecular flexibility index (Phi) is 32.3. The van der Waals surface area contributed by atoms with Crippen molar-refractivity contribution in [3.63, 3.8) is 0 Å². The van der Waals surface area contributed by atoms with Gasteiger partial charge in [0.15, 0.2) is 0 Å². The van der Waals surface area contributed by atoms with Crippen LogP contribution in [0.4, 0.5) is 5.69 Å². The van der Waals surface area contributed by atoms with Crippen molar-refractivity contribution in [1.82, 2.24) is 15.2 Å². The molecule has 4 atom stereocenters. The molecule has 4 unspecified atom stereocenters. The second-order valence-electron chi connectivity index (χ2n) is 28.0. The van der Waals surface area contributed by atoms with E-state index in [2.05, 4.69) is 280 Å². The third kappa shape index (κ3) is 25.0. The van der Waals surface area contributed by atoms with Crippen LogP contribution in [0.1, 0.15) is 192 Å². The fourth-order valence-corrected chi connectivity index (χ4v) is 14.7. The number of anilines is 1. The monoisotopic (exact) mass is 1300 g/mol. The Balaban J connectivity index is 0.000000197. The highest BCUT2D eigenvalue weighted by Gasteiger charge is 2.35. The van der Waals surface area contributed by atoms with Gasteiger partial charge in [-0.05, 0) is 223 Å². The molecule has 2 aliphatic heterocycles. The molecule has 5 aromatic carbocycles. The van der Waals surface area contributed by atoms with Crippen molar-refractivity contribution in [2.75, 3.05) is 18.5 Å². The highest BCUT2D eigenvalue weighted by Crippen LogP contribution is 2.38. The van der Waals surface area contributed by atoms with E-state index in [0.29, 0.717) is 17.9 Å². The fourth-order valence-electron chi connectivity index (χ4n) is 14.7. The summed E-state index contributed by atoms with van der Waals surface area (Å²) in [5, 5.41) is 6.38. The van der Waals surface area contributed by atoms with Crippen LogP contribution in [0.15, 0.2) is 292 Å². The molecular weight excluding hydrogens is 1190 g/mol. The van der Waals surface area contributed by atoms with E-state index in [9.17, 15) is 0 Å². The second-order valence-corrected chi connectivity index (χ2v) is 28.0. The summed E-state index contributed by atoms with van der Waals surface area (Å²) in [5.74, 6) is 1.98. The molecular formula is C94H120N4. The molecule has 0 spiro atoms. The van der Waals surface area contributed by atoms with Crippen LogP contribution >= 0.6 is 0 Å². The van der Waals surface area contributed by atoms with E-state index in [0.717, 1.165) is 72.9 Å². The van der Waals surface area contributed by atoms with Gasteiger partial charge in [-0.3, -0.25) is 0 Å². The van der Waals surface area contributed by atoms with Crippen LogP contribution < -0.4 is 10.7 Å². The van der Waals surface area contributed by atoms with Gasteiger partial charge in [0.1, 0.15) is 0 Å². The molecule has 2 saturated heterocycles. The number of nitrogens with zero attached hydrogens (tertiary/aromatic N) is 2. The van der Waals surface area contributed by atoms with Gasteiger partial charge in [0.05, 0.1) is 6.04 Å². The summed E-state index contributed by atoms with van der Waals surface area (Å²) >= 11 is 0. The summed E-state index contributed by atoms with van der Waals surface area (Å²) < 4.78 is 0. The Hall–Kier alpha value is -8.18. The molecule has 0 radical (unpaired) electrons. The van der Waals surface area contributed by atoms with E-state index in [1.165, 1.54) is 179 Å². The fraction of sp³-hybridized carbons (Fsp3) is 0.383. The SMILES string of the molecule is C=CC1CC(CC(=C)c2ccc(C)cc2)CN1C(=C)C(=C)c1ccc(-c2ccccc2)cc1.C=CCC1CC(C(=C)NC(CCCC2=CCCC=C2)CCCC2=CCCC=C2)N(Nc2ccc(-c3ccccc3)cc2)C1.CC.CC(CCCC1=CCCC=C1)CCCC1=CCCC=C1. The zero-order chi connectivity index (χ0) is 69.1. The van der Waals surface area contributed by atoms with Gasteiger partial charge in [0.2, 0.25) is 0 Å². The first kappa shape index (κ1) is 75.6. The predicted octanol–water partition coefficient (Wildman–Crippen LogP) is 26.0. The van der Waals surface area contributed by atoms with E-state index in [1.54, 1.807) is 11.1 Å².